The summed E-state index contributed by atoms with van der Waals surface area (Å²) in [6.45, 7) is 10.4. The van der Waals surface area contributed by atoms with E-state index in [1.54, 1.807) is 14.2 Å². The first-order chi connectivity index (χ1) is 19.8. The zero-order chi connectivity index (χ0) is 29.4. The molecule has 7 nitrogen and oxygen atoms in total. The Morgan fingerprint density at radius 2 is 1.41 bits per heavy atom. The van der Waals surface area contributed by atoms with E-state index in [2.05, 4.69) is 51.1 Å². The lowest BCUT2D eigenvalue weighted by Crippen LogP contribution is -2.14. The molecule has 0 spiro atoms. The van der Waals surface area contributed by atoms with Gasteiger partial charge in [0.05, 0.1) is 25.3 Å². The number of nitrogens with zero attached hydrogens (tertiary/aromatic N) is 1. The molecule has 4 aromatic rings. The molecule has 0 unspecified atom stereocenters. The summed E-state index contributed by atoms with van der Waals surface area (Å²) in [7, 11) is 3.28. The third-order valence-electron chi connectivity index (χ3n) is 6.87. The van der Waals surface area contributed by atoms with E-state index in [0.717, 1.165) is 27.7 Å². The van der Waals surface area contributed by atoms with E-state index in [1.807, 2.05) is 47.9 Å². The number of para-hydroxylation sites is 1. The first-order valence-electron chi connectivity index (χ1n) is 14.0. The second-order valence-corrected chi connectivity index (χ2v) is 10.9. The Morgan fingerprint density at radius 3 is 1.98 bits per heavy atom. The molecule has 0 aliphatic heterocycles. The monoisotopic (exact) mass is 559 g/mol. The van der Waals surface area contributed by atoms with Gasteiger partial charge in [0, 0.05) is 37.8 Å². The molecule has 41 heavy (non-hydrogen) atoms. The fourth-order valence-electron chi connectivity index (χ4n) is 4.87. The zero-order valence-corrected chi connectivity index (χ0v) is 25.0. The van der Waals surface area contributed by atoms with Crippen molar-refractivity contribution >= 4 is 16.9 Å². The van der Waals surface area contributed by atoms with Gasteiger partial charge in [-0.25, -0.2) is 4.79 Å². The lowest BCUT2D eigenvalue weighted by molar-refractivity contribution is 0.0516. The molecule has 0 fully saturated rings. The molecule has 4 rings (SSSR count). The summed E-state index contributed by atoms with van der Waals surface area (Å²) in [5.74, 6) is 0.986. The number of ether oxygens (including phenoxy) is 5. The highest BCUT2D eigenvalue weighted by Crippen LogP contribution is 2.34. The van der Waals surface area contributed by atoms with Gasteiger partial charge in [-0.05, 0) is 59.4 Å². The molecule has 1 aromatic heterocycles. The topological polar surface area (TPSA) is 68.2 Å². The SMILES string of the molecule is CCOC(=O)c1c(Cc2cc(OCCOC)cc(OCCOC)c2)c2ccccc2n1-c1ccc(C(C)(C)C)cc1. The lowest BCUT2D eigenvalue weighted by Gasteiger charge is -2.20. The number of methoxy groups -OCH3 is 2. The Morgan fingerprint density at radius 1 is 0.805 bits per heavy atom. The fraction of sp³-hybridized carbons (Fsp3) is 0.382. The number of carbonyl (C=O) groups is 1. The molecular weight excluding hydrogens is 518 g/mol. The lowest BCUT2D eigenvalue weighted by atomic mass is 9.87. The zero-order valence-electron chi connectivity index (χ0n) is 25.0. The quantitative estimate of drug-likeness (QED) is 0.133. The van der Waals surface area contributed by atoms with Crippen LogP contribution in [0.15, 0.2) is 66.7 Å². The van der Waals surface area contributed by atoms with E-state index < -0.39 is 0 Å². The van der Waals surface area contributed by atoms with Gasteiger partial charge in [-0.15, -0.1) is 0 Å². The molecule has 0 bridgehead atoms. The summed E-state index contributed by atoms with van der Waals surface area (Å²) in [5.41, 5.74) is 5.44. The van der Waals surface area contributed by atoms with Gasteiger partial charge in [-0.1, -0.05) is 51.1 Å². The number of hydrogen-bond acceptors (Lipinski definition) is 6. The first-order valence-corrected chi connectivity index (χ1v) is 14.0. The van der Waals surface area contributed by atoms with Crippen LogP contribution in [0.4, 0.5) is 0 Å². The van der Waals surface area contributed by atoms with Gasteiger partial charge in [-0.2, -0.15) is 0 Å². The molecule has 0 aliphatic carbocycles. The van der Waals surface area contributed by atoms with Crippen LogP contribution in [0.3, 0.4) is 0 Å². The van der Waals surface area contributed by atoms with E-state index in [1.165, 1.54) is 5.56 Å². The van der Waals surface area contributed by atoms with E-state index in [9.17, 15) is 4.79 Å². The summed E-state index contributed by atoms with van der Waals surface area (Å²) in [6.07, 6.45) is 0.476. The molecule has 0 amide bonds. The van der Waals surface area contributed by atoms with Crippen molar-refractivity contribution in [3.8, 4) is 17.2 Å². The van der Waals surface area contributed by atoms with E-state index in [4.69, 9.17) is 23.7 Å². The predicted molar refractivity (Wildman–Crippen MR) is 162 cm³/mol. The van der Waals surface area contributed by atoms with Crippen molar-refractivity contribution in [2.45, 2.75) is 39.5 Å². The van der Waals surface area contributed by atoms with Gasteiger partial charge >= 0.3 is 5.97 Å². The second-order valence-electron chi connectivity index (χ2n) is 10.9. The number of fused-ring (bicyclic) bond motifs is 1. The molecule has 0 N–H and O–H groups in total. The minimum atomic E-state index is -0.359. The Bertz CT molecular complexity index is 1420. The molecule has 1 heterocycles. The third-order valence-corrected chi connectivity index (χ3v) is 6.87. The molecule has 0 atom stereocenters. The molecule has 0 saturated heterocycles. The van der Waals surface area contributed by atoms with Crippen molar-refractivity contribution in [2.75, 3.05) is 47.3 Å². The fourth-order valence-corrected chi connectivity index (χ4v) is 4.87. The Balaban J connectivity index is 1.85. The van der Waals surface area contributed by atoms with Gasteiger partial charge in [0.2, 0.25) is 0 Å². The van der Waals surface area contributed by atoms with Crippen molar-refractivity contribution in [1.29, 1.82) is 0 Å². The number of rotatable bonds is 13. The Kier molecular flexibility index (Phi) is 10.1. The van der Waals surface area contributed by atoms with E-state index >= 15 is 0 Å². The molecule has 0 aliphatic rings. The average molecular weight is 560 g/mol. The number of esters is 1. The molecule has 3 aromatic carbocycles. The maximum Gasteiger partial charge on any atom is 0.355 e. The van der Waals surface area contributed by atoms with Crippen LogP contribution < -0.4 is 9.47 Å². The van der Waals surface area contributed by atoms with Crippen molar-refractivity contribution in [2.24, 2.45) is 0 Å². The van der Waals surface area contributed by atoms with Gasteiger partial charge in [0.15, 0.2) is 0 Å². The van der Waals surface area contributed by atoms with Crippen LogP contribution in [0.5, 0.6) is 11.5 Å². The van der Waals surface area contributed by atoms with Crippen LogP contribution in [0.25, 0.3) is 16.6 Å². The van der Waals surface area contributed by atoms with Gasteiger partial charge in [0.1, 0.15) is 30.4 Å². The minimum Gasteiger partial charge on any atom is -0.491 e. The third kappa shape index (κ3) is 7.29. The van der Waals surface area contributed by atoms with Crippen molar-refractivity contribution < 1.29 is 28.5 Å². The standard InChI is InChI=1S/C34H41NO6/c1-7-39-33(36)32-30(22-24-20-27(40-18-16-37-5)23-28(21-24)41-19-17-38-6)29-10-8-9-11-31(29)35(32)26-14-12-25(13-15-26)34(2,3)4/h8-15,20-21,23H,7,16-19,22H2,1-6H3. The first kappa shape index (κ1) is 30.2. The summed E-state index contributed by atoms with van der Waals surface area (Å²) in [5, 5.41) is 0.989. The maximum absolute atomic E-state index is 13.6. The minimum absolute atomic E-state index is 0.0196. The number of carbonyl (C=O) groups excluding carboxylic acids is 1. The number of aromatic nitrogens is 1. The highest BCUT2D eigenvalue weighted by molar-refractivity contribution is 6.00. The summed E-state index contributed by atoms with van der Waals surface area (Å²) < 4.78 is 29.9. The van der Waals surface area contributed by atoms with Crippen molar-refractivity contribution in [3.63, 3.8) is 0 Å². The highest BCUT2D eigenvalue weighted by atomic mass is 16.5. The molecule has 0 radical (unpaired) electrons. The molecule has 0 saturated carbocycles. The molecule has 218 valence electrons. The van der Waals surface area contributed by atoms with Crippen LogP contribution in [0.2, 0.25) is 0 Å². The number of hydrogen-bond donors (Lipinski definition) is 0. The largest absolute Gasteiger partial charge is 0.491 e. The molecular formula is C34H41NO6. The van der Waals surface area contributed by atoms with E-state index in [-0.39, 0.29) is 18.0 Å². The average Bonchev–Trinajstić information content (AvgIpc) is 3.27. The van der Waals surface area contributed by atoms with Crippen LogP contribution in [-0.4, -0.2) is 57.8 Å². The molecule has 7 heteroatoms. The van der Waals surface area contributed by atoms with Crippen molar-refractivity contribution in [3.05, 3.63) is 89.1 Å². The number of benzene rings is 3. The highest BCUT2D eigenvalue weighted by Gasteiger charge is 2.25. The smallest absolute Gasteiger partial charge is 0.355 e. The van der Waals surface area contributed by atoms with Crippen LogP contribution in [-0.2, 0) is 26.0 Å². The van der Waals surface area contributed by atoms with Gasteiger partial charge in [0.25, 0.3) is 0 Å². The predicted octanol–water partition coefficient (Wildman–Crippen LogP) is 6.75. The Labute approximate surface area is 242 Å². The van der Waals surface area contributed by atoms with Crippen LogP contribution in [0.1, 0.15) is 54.9 Å². The van der Waals surface area contributed by atoms with E-state index in [0.29, 0.717) is 50.0 Å². The van der Waals surface area contributed by atoms with Gasteiger partial charge in [-0.3, -0.25) is 0 Å². The second kappa shape index (κ2) is 13.7. The summed E-state index contributed by atoms with van der Waals surface area (Å²) >= 11 is 0. The van der Waals surface area contributed by atoms with Crippen LogP contribution in [0, 0.1) is 0 Å². The summed E-state index contributed by atoms with van der Waals surface area (Å²) in [4.78, 5) is 13.6. The van der Waals surface area contributed by atoms with Crippen LogP contribution >= 0.6 is 0 Å². The van der Waals surface area contributed by atoms with Gasteiger partial charge < -0.3 is 28.3 Å². The Hall–Kier alpha value is -3.81. The maximum atomic E-state index is 13.6. The van der Waals surface area contributed by atoms with Crippen molar-refractivity contribution in [1.82, 2.24) is 4.57 Å². The summed E-state index contributed by atoms with van der Waals surface area (Å²) in [6, 6.07) is 22.3. The normalized spacial score (nSPS) is 11.6.